The van der Waals surface area contributed by atoms with Crippen LogP contribution in [0.1, 0.15) is 11.1 Å². The van der Waals surface area contributed by atoms with Crippen molar-refractivity contribution in [3.05, 3.63) is 65.2 Å². The molecule has 0 amide bonds. The molecule has 0 aliphatic heterocycles. The summed E-state index contributed by atoms with van der Waals surface area (Å²) in [7, 11) is 0. The predicted octanol–water partition coefficient (Wildman–Crippen LogP) is 3.26. The molecule has 4 heteroatoms. The van der Waals surface area contributed by atoms with E-state index in [-0.39, 0.29) is 18.8 Å². The van der Waals surface area contributed by atoms with Gasteiger partial charge in [-0.1, -0.05) is 18.2 Å². The van der Waals surface area contributed by atoms with Crippen LogP contribution in [0.3, 0.4) is 0 Å². The zero-order valence-corrected chi connectivity index (χ0v) is 9.70. The summed E-state index contributed by atoms with van der Waals surface area (Å²) in [4.78, 5) is 0. The van der Waals surface area contributed by atoms with Crippen LogP contribution in [0.25, 0.3) is 0 Å². The van der Waals surface area contributed by atoms with E-state index in [1.165, 1.54) is 18.2 Å². The van der Waals surface area contributed by atoms with Crippen LogP contribution in [-0.4, -0.2) is 0 Å². The molecule has 0 bridgehead atoms. The zero-order chi connectivity index (χ0) is 13.0. The van der Waals surface area contributed by atoms with Gasteiger partial charge < -0.3 is 10.5 Å². The maximum atomic E-state index is 13.3. The Bertz CT molecular complexity index is 506. The van der Waals surface area contributed by atoms with E-state index in [0.29, 0.717) is 5.69 Å². The second-order valence-electron chi connectivity index (χ2n) is 3.93. The van der Waals surface area contributed by atoms with E-state index in [0.717, 1.165) is 5.56 Å². The summed E-state index contributed by atoms with van der Waals surface area (Å²) in [5.41, 5.74) is 7.07. The van der Waals surface area contributed by atoms with E-state index in [1.54, 1.807) is 12.1 Å². The first kappa shape index (κ1) is 12.5. The second-order valence-corrected chi connectivity index (χ2v) is 3.93. The van der Waals surface area contributed by atoms with Gasteiger partial charge in [0.05, 0.1) is 13.2 Å². The van der Waals surface area contributed by atoms with Gasteiger partial charge in [-0.05, 0) is 29.8 Å². The number of ether oxygens (including phenoxy) is 1. The Hall–Kier alpha value is -1.94. The van der Waals surface area contributed by atoms with E-state index in [9.17, 15) is 8.78 Å². The molecule has 0 saturated heterocycles. The molecule has 2 aromatic rings. The fourth-order valence-electron chi connectivity index (χ4n) is 1.56. The molecule has 0 aliphatic rings. The van der Waals surface area contributed by atoms with Crippen LogP contribution in [0.4, 0.5) is 14.5 Å². The van der Waals surface area contributed by atoms with Crippen molar-refractivity contribution >= 4 is 5.69 Å². The summed E-state index contributed by atoms with van der Waals surface area (Å²) in [6, 6.07) is 10.9. The fraction of sp³-hybridized carbons (Fsp3) is 0.143. The molecule has 2 nitrogen and oxygen atoms in total. The van der Waals surface area contributed by atoms with Crippen LogP contribution in [0.2, 0.25) is 0 Å². The summed E-state index contributed by atoms with van der Waals surface area (Å²) in [6.45, 7) is 0.191. The van der Waals surface area contributed by atoms with Crippen LogP contribution in [-0.2, 0) is 18.0 Å². The first-order valence-electron chi connectivity index (χ1n) is 5.52. The molecule has 0 aromatic heterocycles. The van der Waals surface area contributed by atoms with Crippen LogP contribution < -0.4 is 5.73 Å². The number of hydrogen-bond acceptors (Lipinski definition) is 2. The first-order chi connectivity index (χ1) is 8.66. The lowest BCUT2D eigenvalue weighted by Crippen LogP contribution is -2.00. The molecule has 0 atom stereocenters. The maximum absolute atomic E-state index is 13.3. The van der Waals surface area contributed by atoms with Gasteiger partial charge in [0.25, 0.3) is 0 Å². The lowest BCUT2D eigenvalue weighted by molar-refractivity contribution is 0.102. The van der Waals surface area contributed by atoms with Crippen molar-refractivity contribution in [3.63, 3.8) is 0 Å². The van der Waals surface area contributed by atoms with Gasteiger partial charge in [-0.25, -0.2) is 8.78 Å². The van der Waals surface area contributed by atoms with Gasteiger partial charge in [-0.2, -0.15) is 0 Å². The Morgan fingerprint density at radius 1 is 0.889 bits per heavy atom. The molecule has 0 aliphatic carbocycles. The maximum Gasteiger partial charge on any atom is 0.131 e. The minimum atomic E-state index is -0.590. The van der Waals surface area contributed by atoms with Gasteiger partial charge >= 0.3 is 0 Å². The average molecular weight is 249 g/mol. The zero-order valence-electron chi connectivity index (χ0n) is 9.70. The van der Waals surface area contributed by atoms with Crippen LogP contribution >= 0.6 is 0 Å². The van der Waals surface area contributed by atoms with Crippen molar-refractivity contribution in [2.75, 3.05) is 5.73 Å². The highest BCUT2D eigenvalue weighted by Gasteiger charge is 2.07. The topological polar surface area (TPSA) is 35.2 Å². The summed E-state index contributed by atoms with van der Waals surface area (Å²) < 4.78 is 31.9. The first-order valence-corrected chi connectivity index (χ1v) is 5.52. The molecule has 2 rings (SSSR count). The molecule has 0 unspecified atom stereocenters. The second kappa shape index (κ2) is 5.60. The number of halogens is 2. The van der Waals surface area contributed by atoms with Crippen LogP contribution in [0, 0.1) is 11.6 Å². The van der Waals surface area contributed by atoms with E-state index in [4.69, 9.17) is 10.5 Å². The van der Waals surface area contributed by atoms with Crippen molar-refractivity contribution in [1.29, 1.82) is 0 Å². The number of nitrogens with two attached hydrogens (primary N) is 1. The lowest BCUT2D eigenvalue weighted by Gasteiger charge is -2.07. The SMILES string of the molecule is Nc1ccc(COCc2c(F)cccc2F)cc1. The molecule has 2 aromatic carbocycles. The smallest absolute Gasteiger partial charge is 0.131 e. The lowest BCUT2D eigenvalue weighted by atomic mass is 10.2. The number of nitrogen functional groups attached to an aromatic ring is 1. The van der Waals surface area contributed by atoms with Gasteiger partial charge in [-0.3, -0.25) is 0 Å². The molecular formula is C14H13F2NO. The predicted molar refractivity (Wildman–Crippen MR) is 65.7 cm³/mol. The van der Waals surface area contributed by atoms with Gasteiger partial charge in [0.1, 0.15) is 11.6 Å². The van der Waals surface area contributed by atoms with Crippen molar-refractivity contribution in [1.82, 2.24) is 0 Å². The van der Waals surface area contributed by atoms with Gasteiger partial charge in [0.2, 0.25) is 0 Å². The number of hydrogen-bond donors (Lipinski definition) is 1. The summed E-state index contributed by atoms with van der Waals surface area (Å²) in [6.07, 6.45) is 0. The molecular weight excluding hydrogens is 236 g/mol. The van der Waals surface area contributed by atoms with Crippen molar-refractivity contribution in [2.45, 2.75) is 13.2 Å². The normalized spacial score (nSPS) is 10.6. The Morgan fingerprint density at radius 3 is 2.11 bits per heavy atom. The monoisotopic (exact) mass is 249 g/mol. The van der Waals surface area contributed by atoms with Crippen molar-refractivity contribution in [2.24, 2.45) is 0 Å². The average Bonchev–Trinajstić information content (AvgIpc) is 2.35. The standard InChI is InChI=1S/C14H13F2NO/c15-13-2-1-3-14(16)12(13)9-18-8-10-4-6-11(17)7-5-10/h1-7H,8-9,17H2. The Morgan fingerprint density at radius 2 is 1.50 bits per heavy atom. The van der Waals surface area contributed by atoms with E-state index in [2.05, 4.69) is 0 Å². The van der Waals surface area contributed by atoms with Crippen LogP contribution in [0.15, 0.2) is 42.5 Å². The third-order valence-electron chi connectivity index (χ3n) is 2.56. The molecule has 18 heavy (non-hydrogen) atoms. The molecule has 0 fully saturated rings. The number of anilines is 1. The van der Waals surface area contributed by atoms with Crippen molar-refractivity contribution < 1.29 is 13.5 Å². The summed E-state index contributed by atoms with van der Waals surface area (Å²) in [5, 5.41) is 0. The fourth-order valence-corrected chi connectivity index (χ4v) is 1.56. The molecule has 0 radical (unpaired) electrons. The Kier molecular flexibility index (Phi) is 3.89. The molecule has 2 N–H and O–H groups in total. The summed E-state index contributed by atoms with van der Waals surface area (Å²) in [5.74, 6) is -1.18. The largest absolute Gasteiger partial charge is 0.399 e. The highest BCUT2D eigenvalue weighted by molar-refractivity contribution is 5.39. The van der Waals surface area contributed by atoms with Gasteiger partial charge in [0.15, 0.2) is 0 Å². The molecule has 0 saturated carbocycles. The minimum absolute atomic E-state index is 0.0482. The highest BCUT2D eigenvalue weighted by Crippen LogP contribution is 2.14. The highest BCUT2D eigenvalue weighted by atomic mass is 19.1. The van der Waals surface area contributed by atoms with Crippen molar-refractivity contribution in [3.8, 4) is 0 Å². The van der Waals surface area contributed by atoms with E-state index < -0.39 is 11.6 Å². The minimum Gasteiger partial charge on any atom is -0.399 e. The van der Waals surface area contributed by atoms with E-state index in [1.807, 2.05) is 12.1 Å². The Labute approximate surface area is 104 Å². The third-order valence-corrected chi connectivity index (χ3v) is 2.56. The number of benzene rings is 2. The molecule has 94 valence electrons. The molecule has 0 spiro atoms. The quantitative estimate of drug-likeness (QED) is 0.844. The van der Waals surface area contributed by atoms with Crippen LogP contribution in [0.5, 0.6) is 0 Å². The number of rotatable bonds is 4. The third kappa shape index (κ3) is 3.05. The summed E-state index contributed by atoms with van der Waals surface area (Å²) >= 11 is 0. The van der Waals surface area contributed by atoms with Gasteiger partial charge in [-0.15, -0.1) is 0 Å². The van der Waals surface area contributed by atoms with Gasteiger partial charge in [0, 0.05) is 11.3 Å². The molecule has 0 heterocycles. The van der Waals surface area contributed by atoms with E-state index >= 15 is 0 Å². The Balaban J connectivity index is 1.94.